The molecule has 10 heteroatoms. The monoisotopic (exact) mass is 458 g/mol. The lowest BCUT2D eigenvalue weighted by Gasteiger charge is -2.08. The normalized spacial score (nSPS) is 12.3. The van der Waals surface area contributed by atoms with Gasteiger partial charge in [0.25, 0.3) is 0 Å². The van der Waals surface area contributed by atoms with Crippen molar-refractivity contribution in [2.75, 3.05) is 11.5 Å². The van der Waals surface area contributed by atoms with Gasteiger partial charge in [0.1, 0.15) is 6.26 Å². The van der Waals surface area contributed by atoms with Crippen molar-refractivity contribution in [1.82, 2.24) is 0 Å². The molecule has 0 aromatic heterocycles. The molecule has 0 spiro atoms. The molecule has 1 unspecified atom stereocenters. The zero-order chi connectivity index (χ0) is 21.8. The first-order valence-corrected chi connectivity index (χ1v) is 11.5. The summed E-state index contributed by atoms with van der Waals surface area (Å²) in [6.45, 7) is 4.41. The molecule has 158 valence electrons. The van der Waals surface area contributed by atoms with Crippen molar-refractivity contribution in [3.8, 4) is 0 Å². The summed E-state index contributed by atoms with van der Waals surface area (Å²) in [5.41, 5.74) is 1.41. The van der Waals surface area contributed by atoms with Gasteiger partial charge < -0.3 is 4.55 Å². The van der Waals surface area contributed by atoms with Crippen LogP contribution in [-0.2, 0) is 25.5 Å². The van der Waals surface area contributed by atoms with Gasteiger partial charge in [-0.05, 0) is 23.6 Å². The average Bonchev–Trinajstić information content (AvgIpc) is 2.60. The highest BCUT2D eigenvalue weighted by Gasteiger charge is 2.32. The van der Waals surface area contributed by atoms with Crippen LogP contribution in [0.15, 0.2) is 65.6 Å². The molecule has 2 rings (SSSR count). The van der Waals surface area contributed by atoms with Crippen LogP contribution in [-0.4, -0.2) is 30.8 Å². The van der Waals surface area contributed by atoms with Gasteiger partial charge in [0.05, 0.1) is 0 Å². The van der Waals surface area contributed by atoms with Crippen LogP contribution in [0.5, 0.6) is 0 Å². The van der Waals surface area contributed by atoms with Crippen molar-refractivity contribution in [3.05, 3.63) is 66.2 Å². The number of halogens is 4. The van der Waals surface area contributed by atoms with Crippen LogP contribution in [0.1, 0.15) is 25.3 Å². The van der Waals surface area contributed by atoms with E-state index in [1.165, 1.54) is 10.5 Å². The third-order valence-electron chi connectivity index (χ3n) is 2.97. The molecule has 2 aromatic carbocycles. The molecule has 0 aliphatic heterocycles. The first-order valence-electron chi connectivity index (χ1n) is 7.87. The molecule has 0 saturated carbocycles. The first kappa shape index (κ1) is 26.7. The minimum Gasteiger partial charge on any atom is -0.725 e. The zero-order valence-corrected chi connectivity index (χ0v) is 17.9. The SMILES string of the molecule is CC(C)c1ccccc1.C[S+](CCl)c1ccccc1.O=S(=O)([O-])OC(F)(F)F. The highest BCUT2D eigenvalue weighted by molar-refractivity contribution is 7.97. The molecule has 0 aliphatic carbocycles. The molecular weight excluding hydrogens is 437 g/mol. The largest absolute Gasteiger partial charge is 0.725 e. The Balaban J connectivity index is 0.000000392. The summed E-state index contributed by atoms with van der Waals surface area (Å²) in [7, 11) is -5.43. The molecule has 0 aliphatic rings. The maximum atomic E-state index is 10.8. The second kappa shape index (κ2) is 13.1. The molecular formula is C18H22ClF3O4S2. The molecule has 0 amide bonds. The summed E-state index contributed by atoms with van der Waals surface area (Å²) in [6, 6.07) is 20.9. The molecule has 0 saturated heterocycles. The van der Waals surface area contributed by atoms with E-state index < -0.39 is 16.8 Å². The number of hydrogen-bond donors (Lipinski definition) is 0. The van der Waals surface area contributed by atoms with E-state index in [1.54, 1.807) is 0 Å². The minimum atomic E-state index is -5.66. The lowest BCUT2D eigenvalue weighted by Crippen LogP contribution is -2.18. The average molecular weight is 459 g/mol. The van der Waals surface area contributed by atoms with Crippen molar-refractivity contribution >= 4 is 32.9 Å². The van der Waals surface area contributed by atoms with Gasteiger partial charge in [-0.3, -0.25) is 0 Å². The van der Waals surface area contributed by atoms with Gasteiger partial charge in [-0.25, -0.2) is 8.42 Å². The number of hydrogen-bond acceptors (Lipinski definition) is 4. The van der Waals surface area contributed by atoms with E-state index in [1.807, 2.05) is 28.4 Å². The molecule has 1 atom stereocenters. The van der Waals surface area contributed by atoms with Crippen molar-refractivity contribution in [2.24, 2.45) is 0 Å². The summed E-state index contributed by atoms with van der Waals surface area (Å²) >= 11 is 5.70. The molecule has 0 heterocycles. The molecule has 0 radical (unpaired) electrons. The molecule has 28 heavy (non-hydrogen) atoms. The smallest absolute Gasteiger partial charge is 0.536 e. The van der Waals surface area contributed by atoms with Gasteiger partial charge in [-0.15, -0.1) is 13.2 Å². The summed E-state index contributed by atoms with van der Waals surface area (Å²) < 4.78 is 61.7. The van der Waals surface area contributed by atoms with Crippen molar-refractivity contribution in [2.45, 2.75) is 31.0 Å². The highest BCUT2D eigenvalue weighted by atomic mass is 35.5. The van der Waals surface area contributed by atoms with E-state index in [4.69, 9.17) is 24.6 Å². The Morgan fingerprint density at radius 2 is 1.46 bits per heavy atom. The molecule has 4 nitrogen and oxygen atoms in total. The molecule has 0 N–H and O–H groups in total. The zero-order valence-electron chi connectivity index (χ0n) is 15.5. The summed E-state index contributed by atoms with van der Waals surface area (Å²) in [5, 5.41) is 0.726. The summed E-state index contributed by atoms with van der Waals surface area (Å²) in [5.74, 6) is 0.659. The fourth-order valence-corrected chi connectivity index (χ4v) is 3.03. The fraction of sp³-hybridized carbons (Fsp3) is 0.333. The maximum absolute atomic E-state index is 10.8. The van der Waals surface area contributed by atoms with Gasteiger partial charge >= 0.3 is 6.36 Å². The van der Waals surface area contributed by atoms with Crippen LogP contribution in [0.25, 0.3) is 0 Å². The van der Waals surface area contributed by atoms with Crippen molar-refractivity contribution < 1.29 is 30.3 Å². The van der Waals surface area contributed by atoms with Crippen LogP contribution in [0.2, 0.25) is 0 Å². The number of alkyl halides is 4. The Labute approximate surface area is 172 Å². The van der Waals surface area contributed by atoms with Crippen molar-refractivity contribution in [3.63, 3.8) is 0 Å². The van der Waals surface area contributed by atoms with E-state index in [0.29, 0.717) is 5.92 Å². The van der Waals surface area contributed by atoms with Crippen LogP contribution in [0.3, 0.4) is 0 Å². The number of rotatable bonds is 4. The first-order chi connectivity index (χ1) is 12.9. The predicted molar refractivity (Wildman–Crippen MR) is 106 cm³/mol. The molecule has 0 bridgehead atoms. The van der Waals surface area contributed by atoms with E-state index in [0.717, 1.165) is 5.21 Å². The Bertz CT molecular complexity index is 755. The van der Waals surface area contributed by atoms with E-state index in [9.17, 15) is 13.2 Å². The maximum Gasteiger partial charge on any atom is 0.536 e. The van der Waals surface area contributed by atoms with Gasteiger partial charge in [0.2, 0.25) is 10.4 Å². The van der Waals surface area contributed by atoms with Gasteiger partial charge in [0.15, 0.2) is 10.1 Å². The van der Waals surface area contributed by atoms with Gasteiger partial charge in [-0.1, -0.05) is 74.0 Å². The van der Waals surface area contributed by atoms with Crippen LogP contribution < -0.4 is 0 Å². The predicted octanol–water partition coefficient (Wildman–Crippen LogP) is 5.28. The van der Waals surface area contributed by atoms with Crippen LogP contribution in [0.4, 0.5) is 13.2 Å². The minimum absolute atomic E-state index is 0.225. The Morgan fingerprint density at radius 3 is 1.71 bits per heavy atom. The van der Waals surface area contributed by atoms with Crippen molar-refractivity contribution in [1.29, 1.82) is 0 Å². The summed E-state index contributed by atoms with van der Waals surface area (Å²) in [4.78, 5) is 1.34. The van der Waals surface area contributed by atoms with E-state index in [-0.39, 0.29) is 10.9 Å². The topological polar surface area (TPSA) is 66.4 Å². The second-order valence-electron chi connectivity index (χ2n) is 5.56. The quantitative estimate of drug-likeness (QED) is 0.270. The summed E-state index contributed by atoms with van der Waals surface area (Å²) in [6.07, 6.45) is -3.26. The van der Waals surface area contributed by atoms with Crippen LogP contribution >= 0.6 is 11.6 Å². The lowest BCUT2D eigenvalue weighted by atomic mass is 10.0. The standard InChI is InChI=1S/C9H12.C8H10ClS.CHF3O4S/c1-8(2)9-6-4-3-5-7-9;1-10(7-9)8-5-3-2-4-6-8;2-1(3,4)8-9(5,6)7/h3-8H,1-2H3;2-6H,7H2,1H3;(H,5,6,7)/q;+1;/p-1. The van der Waals surface area contributed by atoms with E-state index in [2.05, 4.69) is 56.5 Å². The Kier molecular flexibility index (Phi) is 12.5. The van der Waals surface area contributed by atoms with E-state index >= 15 is 0 Å². The van der Waals surface area contributed by atoms with Gasteiger partial charge in [0, 0.05) is 10.9 Å². The lowest BCUT2D eigenvalue weighted by molar-refractivity contribution is -0.275. The Morgan fingerprint density at radius 1 is 1.04 bits per heavy atom. The molecule has 0 fully saturated rings. The third kappa shape index (κ3) is 14.8. The fourth-order valence-electron chi connectivity index (χ4n) is 1.67. The highest BCUT2D eigenvalue weighted by Crippen LogP contribution is 2.18. The van der Waals surface area contributed by atoms with Gasteiger partial charge in [-0.2, -0.15) is 4.18 Å². The third-order valence-corrected chi connectivity index (χ3v) is 5.75. The molecule has 2 aromatic rings. The second-order valence-corrected chi connectivity index (χ2v) is 9.16. The number of benzene rings is 2. The Hall–Kier alpha value is -1.26. The van der Waals surface area contributed by atoms with Crippen LogP contribution in [0, 0.1) is 0 Å².